The molecule has 4 N–H and O–H groups in total. The first-order chi connectivity index (χ1) is 48.8. The van der Waals surface area contributed by atoms with Gasteiger partial charge in [-0.05, 0) is 106 Å². The number of nitrogens with one attached hydrogen (secondary N) is 4. The van der Waals surface area contributed by atoms with E-state index >= 15 is 87.8 Å². The standard InChI is InChI=1S/C76H60F20N6Si2/c1-28(2)103(29(3)4,30(5)6)27-26-35-36-14-16-40(97-36)49(53-57(77)65(85)73(93)66(86)58(53)78)44-22-24-46(101-44)51(55-61(81)69(89)75(95)70(90)62(55)82)42-20-18-38(99-42)48(34(13)104(31(7)8,32(9)10)33(11)12)39-19-21-43(100-39)52(56-63(83)71(91)76(96)72(92)64(56)84)47-25-23-45(102-47)50(41-17-15-37(35)98-41)54-59(79)67(87)74(94)68(88)60(54)80/h14-25,28-33,97-100H,13H2,1-12H3. The van der Waals surface area contributed by atoms with E-state index in [1.165, 1.54) is 12.1 Å². The fraction of sp³-hybridized carbons (Fsp3) is 0.237. The van der Waals surface area contributed by atoms with Crippen LogP contribution in [0, 0.1) is 128 Å². The maximum absolute atomic E-state index is 16.8. The number of aromatic nitrogens is 4. The zero-order valence-corrected chi connectivity index (χ0v) is 59.1. The molecule has 28 heteroatoms. The molecule has 0 saturated heterocycles. The highest BCUT2D eigenvalue weighted by Gasteiger charge is 2.48. The number of H-pyrrole nitrogens is 4. The minimum atomic E-state index is -3.27. The summed E-state index contributed by atoms with van der Waals surface area (Å²) in [7, 11) is -6.25. The van der Waals surface area contributed by atoms with Crippen LogP contribution in [0.4, 0.5) is 87.8 Å². The average molecular weight is 1490 g/mol. The van der Waals surface area contributed by atoms with Crippen molar-refractivity contribution in [1.82, 2.24) is 19.9 Å². The van der Waals surface area contributed by atoms with Crippen LogP contribution in [0.3, 0.4) is 0 Å². The molecule has 0 atom stereocenters. The maximum atomic E-state index is 16.8. The van der Waals surface area contributed by atoms with Gasteiger partial charge in [0.1, 0.15) is 8.07 Å². The summed E-state index contributed by atoms with van der Waals surface area (Å²) in [5, 5.41) is -1.31. The summed E-state index contributed by atoms with van der Waals surface area (Å²) in [6.07, 6.45) is 3.40. The Morgan fingerprint density at radius 1 is 0.317 bits per heavy atom. The van der Waals surface area contributed by atoms with Gasteiger partial charge in [0.25, 0.3) is 0 Å². The smallest absolute Gasteiger partial charge is 0.200 e. The molecule has 4 aromatic heterocycles. The van der Waals surface area contributed by atoms with E-state index in [1.54, 1.807) is 0 Å². The van der Waals surface area contributed by atoms with Crippen molar-refractivity contribution in [2.75, 3.05) is 0 Å². The van der Waals surface area contributed by atoms with Gasteiger partial charge in [0, 0.05) is 61.0 Å². The Kier molecular flexibility index (Phi) is 20.0. The van der Waals surface area contributed by atoms with Gasteiger partial charge in [0.05, 0.1) is 69.8 Å². The van der Waals surface area contributed by atoms with E-state index in [2.05, 4.69) is 48.0 Å². The molecule has 6 nitrogen and oxygen atoms in total. The molecular weight excluding hydrogens is 1430 g/mol. The number of rotatable bonds is 12. The van der Waals surface area contributed by atoms with Gasteiger partial charge in [0.15, 0.2) is 93.1 Å². The molecule has 3 aliphatic heterocycles. The van der Waals surface area contributed by atoms with E-state index in [0.29, 0.717) is 5.20 Å². The molecular formula is C76H60F20N6Si2. The first-order valence-corrected chi connectivity index (χ1v) is 36.9. The first kappa shape index (κ1) is 75.3. The first-order valence-electron chi connectivity index (χ1n) is 32.4. The number of nitrogens with zero attached hydrogens (tertiary/aromatic N) is 2. The molecule has 7 heterocycles. The number of halogens is 20. The van der Waals surface area contributed by atoms with Crippen molar-refractivity contribution < 1.29 is 87.8 Å². The lowest BCUT2D eigenvalue weighted by atomic mass is 9.98. The fourth-order valence-corrected chi connectivity index (χ4v) is 27.5. The SMILES string of the molecule is C=C(C1=c2ccc([nH]2)=C(c2c(F)c(F)c(F)c(F)c2F)C2=NC(=C(c3c(F)c(F)c(F)c(F)c3F)c3ccc([nH]3)C(C#C[Si](C(C)C)(C(C)C)C(C)C)=c3ccc([nH]3)=C(c3c(F)c(F)c(F)c(F)c3F)C3=NC(=C(c4c(F)c(F)c(F)c(F)c4F)c4ccc1[nH]4)C=C3)C=C2)[Si](C(C)C)(C(C)C)C(C)C. The van der Waals surface area contributed by atoms with Gasteiger partial charge in [-0.1, -0.05) is 101 Å². The molecule has 0 radical (unpaired) electrons. The molecule has 104 heavy (non-hydrogen) atoms. The van der Waals surface area contributed by atoms with Crippen LogP contribution in [-0.2, 0) is 0 Å². The third kappa shape index (κ3) is 11.7. The third-order valence-corrected chi connectivity index (χ3v) is 33.3. The molecule has 0 amide bonds. The Bertz CT molecular complexity index is 5420. The Balaban J connectivity index is 1.42. The van der Waals surface area contributed by atoms with Crippen LogP contribution in [0.2, 0.25) is 33.2 Å². The summed E-state index contributed by atoms with van der Waals surface area (Å²) in [4.78, 5) is 20.4. The molecule has 3 aliphatic rings. The van der Waals surface area contributed by atoms with E-state index in [-0.39, 0.29) is 66.5 Å². The number of hydrogen-bond donors (Lipinski definition) is 4. The molecule has 8 aromatic rings. The lowest BCUT2D eigenvalue weighted by Gasteiger charge is -2.45. The van der Waals surface area contributed by atoms with Gasteiger partial charge in [0.2, 0.25) is 23.3 Å². The van der Waals surface area contributed by atoms with E-state index in [1.807, 2.05) is 83.1 Å². The van der Waals surface area contributed by atoms with Crippen LogP contribution in [0.25, 0.3) is 33.4 Å². The van der Waals surface area contributed by atoms with Crippen LogP contribution in [0.15, 0.2) is 106 Å². The fourth-order valence-electron chi connectivity index (χ4n) is 15.5. The summed E-state index contributed by atoms with van der Waals surface area (Å²) in [6, 6.07) is 8.93. The van der Waals surface area contributed by atoms with Crippen molar-refractivity contribution in [3.8, 4) is 11.5 Å². The lowest BCUT2D eigenvalue weighted by Crippen LogP contribution is -2.47. The summed E-state index contributed by atoms with van der Waals surface area (Å²) >= 11 is 0. The molecule has 0 unspecified atom stereocenters. The summed E-state index contributed by atoms with van der Waals surface area (Å²) in [6.45, 7) is 27.3. The van der Waals surface area contributed by atoms with Crippen molar-refractivity contribution in [3.05, 3.63) is 279 Å². The third-order valence-electron chi connectivity index (χ3n) is 20.0. The van der Waals surface area contributed by atoms with Gasteiger partial charge in [-0.2, -0.15) is 0 Å². The monoisotopic (exact) mass is 1490 g/mol. The number of aliphatic imine (C=N–C) groups is 2. The summed E-state index contributed by atoms with van der Waals surface area (Å²) < 4.78 is 321. The highest BCUT2D eigenvalue weighted by molar-refractivity contribution is 6.92. The normalized spacial score (nSPS) is 14.5. The lowest BCUT2D eigenvalue weighted by molar-refractivity contribution is 0.376. The van der Waals surface area contributed by atoms with Gasteiger partial charge >= 0.3 is 0 Å². The van der Waals surface area contributed by atoms with Crippen LogP contribution in [0.1, 0.15) is 128 Å². The quantitative estimate of drug-likeness (QED) is 0.0309. The Labute approximate surface area is 582 Å². The van der Waals surface area contributed by atoms with Gasteiger partial charge in [-0.15, -0.1) is 5.54 Å². The topological polar surface area (TPSA) is 87.9 Å². The van der Waals surface area contributed by atoms with Crippen LogP contribution < -0.4 is 21.4 Å². The Morgan fingerprint density at radius 3 is 0.933 bits per heavy atom. The minimum absolute atomic E-state index is 0.0268. The van der Waals surface area contributed by atoms with E-state index in [4.69, 9.17) is 0 Å². The second-order valence-electron chi connectivity index (χ2n) is 27.1. The number of benzene rings is 4. The second kappa shape index (κ2) is 27.6. The minimum Gasteiger partial charge on any atom is -0.354 e. The maximum Gasteiger partial charge on any atom is 0.200 e. The average Bonchev–Trinajstić information content (AvgIpc) is 1.55. The zero-order valence-electron chi connectivity index (χ0n) is 57.1. The van der Waals surface area contributed by atoms with Gasteiger partial charge in [-0.3, -0.25) is 0 Å². The largest absolute Gasteiger partial charge is 0.354 e. The number of fused-ring (bicyclic) bond motifs is 10. The highest BCUT2D eigenvalue weighted by atomic mass is 28.3. The van der Waals surface area contributed by atoms with Crippen molar-refractivity contribution in [1.29, 1.82) is 0 Å². The van der Waals surface area contributed by atoms with Gasteiger partial charge < -0.3 is 19.9 Å². The van der Waals surface area contributed by atoms with Crippen molar-refractivity contribution in [3.63, 3.8) is 0 Å². The van der Waals surface area contributed by atoms with E-state index in [0.717, 1.165) is 60.7 Å². The Morgan fingerprint density at radius 2 is 0.596 bits per heavy atom. The molecule has 0 spiro atoms. The van der Waals surface area contributed by atoms with Crippen molar-refractivity contribution >= 4 is 61.0 Å². The second-order valence-corrected chi connectivity index (χ2v) is 38.6. The number of hydrogen-bond acceptors (Lipinski definition) is 2. The number of aromatic amines is 4. The van der Waals surface area contributed by atoms with Crippen LogP contribution >= 0.6 is 0 Å². The predicted octanol–water partition coefficient (Wildman–Crippen LogP) is 18.8. The van der Waals surface area contributed by atoms with Crippen LogP contribution in [-0.4, -0.2) is 47.5 Å². The highest BCUT2D eigenvalue weighted by Crippen LogP contribution is 2.50. The number of allylic oxidation sites excluding steroid dienone is 5. The molecule has 12 bridgehead atoms. The van der Waals surface area contributed by atoms with E-state index in [9.17, 15) is 0 Å². The molecule has 0 saturated carbocycles. The zero-order chi connectivity index (χ0) is 76.4. The summed E-state index contributed by atoms with van der Waals surface area (Å²) in [5.74, 6) is -47.0. The van der Waals surface area contributed by atoms with E-state index < -0.39 is 222 Å². The molecule has 0 aliphatic carbocycles. The molecule has 0 fully saturated rings. The molecule has 11 rings (SSSR count). The Hall–Kier alpha value is -9.89. The summed E-state index contributed by atoms with van der Waals surface area (Å²) in [5.41, 5.74) is -13.8. The van der Waals surface area contributed by atoms with Gasteiger partial charge in [-0.25, -0.2) is 97.8 Å². The molecule has 542 valence electrons. The van der Waals surface area contributed by atoms with Crippen molar-refractivity contribution in [2.24, 2.45) is 9.98 Å². The molecule has 4 aromatic carbocycles. The van der Waals surface area contributed by atoms with Crippen molar-refractivity contribution in [2.45, 2.75) is 116 Å². The van der Waals surface area contributed by atoms with Crippen LogP contribution in [0.5, 0.6) is 0 Å². The predicted molar refractivity (Wildman–Crippen MR) is 361 cm³/mol.